The molecule has 0 N–H and O–H groups in total. The lowest BCUT2D eigenvalue weighted by molar-refractivity contribution is -0.167. The zero-order valence-electron chi connectivity index (χ0n) is 38.8. The van der Waals surface area contributed by atoms with Gasteiger partial charge in [-0.2, -0.15) is 0 Å². The second-order valence-corrected chi connectivity index (χ2v) is 17.7. The van der Waals surface area contributed by atoms with E-state index < -0.39 is 6.10 Å². The van der Waals surface area contributed by atoms with Gasteiger partial charge in [-0.05, 0) is 25.2 Å². The van der Waals surface area contributed by atoms with E-state index in [1.54, 1.807) is 0 Å². The van der Waals surface area contributed by atoms with E-state index >= 15 is 0 Å². The Morgan fingerprint density at radius 1 is 0.351 bits per heavy atom. The van der Waals surface area contributed by atoms with E-state index in [9.17, 15) is 14.4 Å². The van der Waals surface area contributed by atoms with Crippen LogP contribution in [0.15, 0.2) is 0 Å². The molecule has 0 fully saturated rings. The lowest BCUT2D eigenvalue weighted by atomic mass is 9.99. The molecule has 0 aliphatic heterocycles. The second-order valence-electron chi connectivity index (χ2n) is 17.7. The average molecular weight is 807 g/mol. The maximum atomic E-state index is 12.8. The minimum absolute atomic E-state index is 0.0632. The molecule has 1 unspecified atom stereocenters. The van der Waals surface area contributed by atoms with Crippen LogP contribution in [0, 0.1) is 5.92 Å². The molecule has 0 rings (SSSR count). The van der Waals surface area contributed by atoms with Crippen molar-refractivity contribution in [2.45, 2.75) is 291 Å². The highest BCUT2D eigenvalue weighted by Gasteiger charge is 2.19. The van der Waals surface area contributed by atoms with Gasteiger partial charge in [-0.25, -0.2) is 0 Å². The number of rotatable bonds is 46. The number of unbranched alkanes of at least 4 members (excludes halogenated alkanes) is 32. The van der Waals surface area contributed by atoms with E-state index in [1.807, 2.05) is 0 Å². The summed E-state index contributed by atoms with van der Waals surface area (Å²) in [6.45, 7) is 9.03. The van der Waals surface area contributed by atoms with Crippen molar-refractivity contribution < 1.29 is 28.6 Å². The summed E-state index contributed by atoms with van der Waals surface area (Å²) >= 11 is 0. The fourth-order valence-electron chi connectivity index (χ4n) is 7.66. The highest BCUT2D eigenvalue weighted by atomic mass is 16.6. The predicted octanol–water partition coefficient (Wildman–Crippen LogP) is 16.3. The van der Waals surface area contributed by atoms with Gasteiger partial charge >= 0.3 is 17.9 Å². The van der Waals surface area contributed by atoms with Crippen molar-refractivity contribution in [1.82, 2.24) is 0 Å². The van der Waals surface area contributed by atoms with E-state index in [4.69, 9.17) is 14.2 Å². The van der Waals surface area contributed by atoms with Crippen LogP contribution in [0.1, 0.15) is 285 Å². The molecule has 2 atom stereocenters. The molecule has 6 nitrogen and oxygen atoms in total. The van der Waals surface area contributed by atoms with Crippen LogP contribution in [0.3, 0.4) is 0 Å². The number of hydrogen-bond acceptors (Lipinski definition) is 6. The highest BCUT2D eigenvalue weighted by Crippen LogP contribution is 2.17. The van der Waals surface area contributed by atoms with Crippen LogP contribution in [-0.4, -0.2) is 37.2 Å². The summed E-state index contributed by atoms with van der Waals surface area (Å²) in [6.07, 6.45) is 46.6. The Morgan fingerprint density at radius 2 is 0.614 bits per heavy atom. The van der Waals surface area contributed by atoms with Crippen molar-refractivity contribution in [3.63, 3.8) is 0 Å². The van der Waals surface area contributed by atoms with Crippen molar-refractivity contribution >= 4 is 17.9 Å². The topological polar surface area (TPSA) is 78.9 Å². The fourth-order valence-corrected chi connectivity index (χ4v) is 7.66. The summed E-state index contributed by atoms with van der Waals surface area (Å²) in [5.41, 5.74) is 0. The number of ether oxygens (including phenoxy) is 3. The van der Waals surface area contributed by atoms with Crippen molar-refractivity contribution in [2.24, 2.45) is 5.92 Å². The summed E-state index contributed by atoms with van der Waals surface area (Å²) in [7, 11) is 0. The molecule has 0 aromatic heterocycles. The van der Waals surface area contributed by atoms with Crippen LogP contribution in [0.4, 0.5) is 0 Å². The Hall–Kier alpha value is -1.59. The van der Waals surface area contributed by atoms with E-state index in [2.05, 4.69) is 27.7 Å². The quantitative estimate of drug-likeness (QED) is 0.0346. The van der Waals surface area contributed by atoms with Crippen molar-refractivity contribution in [3.05, 3.63) is 0 Å². The van der Waals surface area contributed by atoms with Gasteiger partial charge in [0.05, 0.1) is 0 Å². The third-order valence-corrected chi connectivity index (χ3v) is 11.9. The summed E-state index contributed by atoms with van der Waals surface area (Å²) in [5, 5.41) is 0. The molecule has 0 aliphatic carbocycles. The van der Waals surface area contributed by atoms with Gasteiger partial charge in [-0.3, -0.25) is 14.4 Å². The Kier molecular flexibility index (Phi) is 44.2. The molecule has 0 aliphatic rings. The lowest BCUT2D eigenvalue weighted by Gasteiger charge is -2.18. The molecule has 0 aromatic carbocycles. The summed E-state index contributed by atoms with van der Waals surface area (Å²) in [4.78, 5) is 37.7. The van der Waals surface area contributed by atoms with Gasteiger partial charge < -0.3 is 14.2 Å². The minimum Gasteiger partial charge on any atom is -0.462 e. The first-order chi connectivity index (χ1) is 27.9. The molecule has 0 aromatic rings. The smallest absolute Gasteiger partial charge is 0.306 e. The molecule has 338 valence electrons. The first-order valence-electron chi connectivity index (χ1n) is 25.4. The lowest BCUT2D eigenvalue weighted by Crippen LogP contribution is -2.30. The molecule has 0 spiro atoms. The van der Waals surface area contributed by atoms with E-state index in [-0.39, 0.29) is 31.1 Å². The highest BCUT2D eigenvalue weighted by molar-refractivity contribution is 5.71. The van der Waals surface area contributed by atoms with Gasteiger partial charge in [0.15, 0.2) is 6.10 Å². The van der Waals surface area contributed by atoms with Crippen LogP contribution in [0.2, 0.25) is 0 Å². The second kappa shape index (κ2) is 45.5. The van der Waals surface area contributed by atoms with Crippen molar-refractivity contribution in [3.8, 4) is 0 Å². The summed E-state index contributed by atoms with van der Waals surface area (Å²) in [6, 6.07) is 0. The summed E-state index contributed by atoms with van der Waals surface area (Å²) < 4.78 is 16.7. The van der Waals surface area contributed by atoms with Gasteiger partial charge in [-0.15, -0.1) is 0 Å². The van der Waals surface area contributed by atoms with Gasteiger partial charge in [-0.1, -0.05) is 246 Å². The molecule has 6 heteroatoms. The van der Waals surface area contributed by atoms with E-state index in [0.717, 1.165) is 63.7 Å². The maximum absolute atomic E-state index is 12.8. The monoisotopic (exact) mass is 807 g/mol. The van der Waals surface area contributed by atoms with Crippen LogP contribution in [-0.2, 0) is 28.6 Å². The molecule has 0 radical (unpaired) electrons. The Bertz CT molecular complexity index is 859. The molecular formula is C51H98O6. The predicted molar refractivity (Wildman–Crippen MR) is 243 cm³/mol. The molecule has 0 bridgehead atoms. The number of hydrogen-bond donors (Lipinski definition) is 0. The van der Waals surface area contributed by atoms with Crippen molar-refractivity contribution in [1.29, 1.82) is 0 Å². The number of carbonyl (C=O) groups excluding carboxylic acids is 3. The average Bonchev–Trinajstić information content (AvgIpc) is 3.21. The van der Waals surface area contributed by atoms with Gasteiger partial charge in [0.25, 0.3) is 0 Å². The van der Waals surface area contributed by atoms with Gasteiger partial charge in [0.1, 0.15) is 13.2 Å². The first kappa shape index (κ1) is 55.4. The maximum Gasteiger partial charge on any atom is 0.306 e. The molecular weight excluding hydrogens is 709 g/mol. The van der Waals surface area contributed by atoms with Crippen LogP contribution in [0.25, 0.3) is 0 Å². The minimum atomic E-state index is -0.759. The van der Waals surface area contributed by atoms with E-state index in [1.165, 1.54) is 180 Å². The SMILES string of the molecule is CCCCCCCCCCCCCCCCC(=O)OC[C@H](COC(=O)CCCCCCCCC)OC(=O)CCCCCCCCCCCCCCCCC(C)CC. The molecule has 0 saturated heterocycles. The van der Waals surface area contributed by atoms with E-state index in [0.29, 0.717) is 19.3 Å². The Balaban J connectivity index is 4.20. The van der Waals surface area contributed by atoms with Crippen LogP contribution in [0.5, 0.6) is 0 Å². The molecule has 0 saturated carbocycles. The Morgan fingerprint density at radius 3 is 0.912 bits per heavy atom. The standard InChI is InChI=1S/C51H98O6/c1-5-8-10-12-14-15-16-17-21-24-27-31-35-39-43-50(53)56-46-48(45-55-49(52)42-38-34-29-13-11-9-6-2)57-51(54)44-40-36-32-28-25-22-19-18-20-23-26-30-33-37-41-47(4)7-3/h47-48H,5-46H2,1-4H3/t47?,48-/m0/s1. The summed E-state index contributed by atoms with van der Waals surface area (Å²) in [5.74, 6) is 0.0422. The first-order valence-corrected chi connectivity index (χ1v) is 25.4. The normalized spacial score (nSPS) is 12.4. The fraction of sp³-hybridized carbons (Fsp3) is 0.941. The molecule has 57 heavy (non-hydrogen) atoms. The largest absolute Gasteiger partial charge is 0.462 e. The van der Waals surface area contributed by atoms with Gasteiger partial charge in [0.2, 0.25) is 0 Å². The number of carbonyl (C=O) groups is 3. The third kappa shape index (κ3) is 43.8. The van der Waals surface area contributed by atoms with Crippen LogP contribution < -0.4 is 0 Å². The van der Waals surface area contributed by atoms with Crippen molar-refractivity contribution in [2.75, 3.05) is 13.2 Å². The zero-order valence-corrected chi connectivity index (χ0v) is 38.8. The zero-order chi connectivity index (χ0) is 41.7. The number of esters is 3. The molecule has 0 amide bonds. The molecule has 0 heterocycles. The van der Waals surface area contributed by atoms with Gasteiger partial charge in [0, 0.05) is 19.3 Å². The Labute approximate surface area is 355 Å². The van der Waals surface area contributed by atoms with Crippen LogP contribution >= 0.6 is 0 Å². The third-order valence-electron chi connectivity index (χ3n) is 11.9.